The SMILES string of the molecule is CS(=O)(=O)c1cc(C2(N)C=CC=CC2N)ccn1. The maximum Gasteiger partial charge on any atom is 0.192 e. The summed E-state index contributed by atoms with van der Waals surface area (Å²) in [6, 6.07) is 2.74. The monoisotopic (exact) mass is 265 g/mol. The number of pyridine rings is 1. The van der Waals surface area contributed by atoms with Crippen LogP contribution in [0.15, 0.2) is 47.7 Å². The van der Waals surface area contributed by atoms with Crippen LogP contribution < -0.4 is 11.5 Å². The van der Waals surface area contributed by atoms with Crippen LogP contribution in [-0.2, 0) is 15.4 Å². The van der Waals surface area contributed by atoms with Crippen molar-refractivity contribution in [1.29, 1.82) is 0 Å². The van der Waals surface area contributed by atoms with Gasteiger partial charge in [-0.15, -0.1) is 0 Å². The molecule has 2 atom stereocenters. The minimum absolute atomic E-state index is 0.0000203. The summed E-state index contributed by atoms with van der Waals surface area (Å²) >= 11 is 0. The maximum atomic E-state index is 11.5. The van der Waals surface area contributed by atoms with Gasteiger partial charge in [-0.2, -0.15) is 0 Å². The summed E-state index contributed by atoms with van der Waals surface area (Å²) in [5, 5.41) is -0.0000203. The first-order valence-corrected chi connectivity index (χ1v) is 7.30. The van der Waals surface area contributed by atoms with Crippen LogP contribution in [0.25, 0.3) is 0 Å². The van der Waals surface area contributed by atoms with Crippen LogP contribution in [0.3, 0.4) is 0 Å². The van der Waals surface area contributed by atoms with Gasteiger partial charge in [0.05, 0.1) is 5.54 Å². The van der Waals surface area contributed by atoms with Crippen LogP contribution in [0.2, 0.25) is 0 Å². The normalized spacial score (nSPS) is 27.4. The molecule has 5 nitrogen and oxygen atoms in total. The van der Waals surface area contributed by atoms with E-state index in [-0.39, 0.29) is 5.03 Å². The minimum Gasteiger partial charge on any atom is -0.322 e. The van der Waals surface area contributed by atoms with E-state index in [2.05, 4.69) is 4.98 Å². The number of sulfone groups is 1. The summed E-state index contributed by atoms with van der Waals surface area (Å²) < 4.78 is 23.0. The molecule has 0 amide bonds. The predicted octanol–water partition coefficient (Wildman–Crippen LogP) is 0.0924. The molecule has 2 unspecified atom stereocenters. The van der Waals surface area contributed by atoms with Crippen LogP contribution >= 0.6 is 0 Å². The number of aromatic nitrogens is 1. The van der Waals surface area contributed by atoms with Crippen molar-refractivity contribution in [3.05, 3.63) is 48.2 Å². The van der Waals surface area contributed by atoms with E-state index in [1.807, 2.05) is 6.08 Å². The fourth-order valence-corrected chi connectivity index (χ4v) is 2.43. The zero-order valence-electron chi connectivity index (χ0n) is 9.95. The molecule has 1 aromatic rings. The molecule has 0 bridgehead atoms. The predicted molar refractivity (Wildman–Crippen MR) is 69.5 cm³/mol. The Bertz CT molecular complexity index is 622. The van der Waals surface area contributed by atoms with Gasteiger partial charge in [-0.1, -0.05) is 24.3 Å². The van der Waals surface area contributed by atoms with Gasteiger partial charge < -0.3 is 11.5 Å². The van der Waals surface area contributed by atoms with Crippen LogP contribution in [0.1, 0.15) is 5.56 Å². The molecule has 0 aliphatic heterocycles. The maximum absolute atomic E-state index is 11.5. The molecule has 18 heavy (non-hydrogen) atoms. The quantitative estimate of drug-likeness (QED) is 0.789. The molecular weight excluding hydrogens is 250 g/mol. The Hall–Kier alpha value is -1.50. The van der Waals surface area contributed by atoms with E-state index in [1.165, 1.54) is 12.3 Å². The highest BCUT2D eigenvalue weighted by Crippen LogP contribution is 2.27. The van der Waals surface area contributed by atoms with Gasteiger partial charge in [0.25, 0.3) is 0 Å². The third-order valence-corrected chi connectivity index (χ3v) is 3.95. The average Bonchev–Trinajstić information content (AvgIpc) is 2.32. The zero-order valence-corrected chi connectivity index (χ0v) is 10.8. The molecule has 1 aliphatic rings. The Balaban J connectivity index is 2.53. The Morgan fingerprint density at radius 2 is 2.11 bits per heavy atom. The van der Waals surface area contributed by atoms with E-state index >= 15 is 0 Å². The molecule has 2 rings (SSSR count). The van der Waals surface area contributed by atoms with Crippen LogP contribution in [0.5, 0.6) is 0 Å². The van der Waals surface area contributed by atoms with Crippen LogP contribution in [-0.4, -0.2) is 25.7 Å². The van der Waals surface area contributed by atoms with E-state index in [0.29, 0.717) is 5.56 Å². The number of allylic oxidation sites excluding steroid dienone is 2. The highest BCUT2D eigenvalue weighted by molar-refractivity contribution is 7.90. The topological polar surface area (TPSA) is 99.1 Å². The second kappa shape index (κ2) is 4.31. The highest BCUT2D eigenvalue weighted by Gasteiger charge is 2.32. The van der Waals surface area contributed by atoms with Crippen LogP contribution in [0, 0.1) is 0 Å². The summed E-state index contributed by atoms with van der Waals surface area (Å²) in [5.74, 6) is 0. The molecule has 1 aliphatic carbocycles. The summed E-state index contributed by atoms with van der Waals surface area (Å²) in [5.41, 5.74) is 11.9. The molecular formula is C12H15N3O2S. The Morgan fingerprint density at radius 3 is 2.72 bits per heavy atom. The summed E-state index contributed by atoms with van der Waals surface area (Å²) in [4.78, 5) is 3.84. The van der Waals surface area contributed by atoms with Crippen LogP contribution in [0.4, 0.5) is 0 Å². The molecule has 1 heterocycles. The minimum atomic E-state index is -3.36. The van der Waals surface area contributed by atoms with Crippen molar-refractivity contribution >= 4 is 9.84 Å². The number of hydrogen-bond donors (Lipinski definition) is 2. The van der Waals surface area contributed by atoms with Gasteiger partial charge in [0.2, 0.25) is 0 Å². The number of nitrogens with two attached hydrogens (primary N) is 2. The molecule has 0 fully saturated rings. The van der Waals surface area contributed by atoms with Crippen molar-refractivity contribution in [3.63, 3.8) is 0 Å². The molecule has 0 saturated heterocycles. The smallest absolute Gasteiger partial charge is 0.192 e. The van der Waals surface area contributed by atoms with Crippen molar-refractivity contribution in [3.8, 4) is 0 Å². The number of nitrogens with zero attached hydrogens (tertiary/aromatic N) is 1. The Kier molecular flexibility index (Phi) is 3.10. The van der Waals surface area contributed by atoms with E-state index in [0.717, 1.165) is 6.26 Å². The van der Waals surface area contributed by atoms with E-state index in [1.54, 1.807) is 24.3 Å². The standard InChI is InChI=1S/C12H15N3O2S/c1-18(16,17)11-8-9(5-7-15-11)12(14)6-3-2-4-10(12)13/h2-8,10H,13-14H2,1H3. The van der Waals surface area contributed by atoms with Crippen molar-refractivity contribution in [2.45, 2.75) is 16.6 Å². The molecule has 0 radical (unpaired) electrons. The third-order valence-electron chi connectivity index (χ3n) is 2.97. The van der Waals surface area contributed by atoms with Gasteiger partial charge in [-0.05, 0) is 17.7 Å². The van der Waals surface area contributed by atoms with Gasteiger partial charge in [-0.25, -0.2) is 13.4 Å². The highest BCUT2D eigenvalue weighted by atomic mass is 32.2. The van der Waals surface area contributed by atoms with Gasteiger partial charge in [0, 0.05) is 18.5 Å². The summed E-state index contributed by atoms with van der Waals surface area (Å²) in [6.45, 7) is 0. The number of hydrogen-bond acceptors (Lipinski definition) is 5. The molecule has 0 saturated carbocycles. The van der Waals surface area contributed by atoms with Crippen molar-refractivity contribution in [1.82, 2.24) is 4.98 Å². The largest absolute Gasteiger partial charge is 0.322 e. The molecule has 6 heteroatoms. The second-order valence-electron chi connectivity index (χ2n) is 4.36. The van der Waals surface area contributed by atoms with E-state index < -0.39 is 21.4 Å². The molecule has 4 N–H and O–H groups in total. The lowest BCUT2D eigenvalue weighted by atomic mass is 9.82. The van der Waals surface area contributed by atoms with E-state index in [4.69, 9.17) is 11.5 Å². The second-order valence-corrected chi connectivity index (χ2v) is 6.32. The lowest BCUT2D eigenvalue weighted by Gasteiger charge is -2.33. The summed E-state index contributed by atoms with van der Waals surface area (Å²) in [6.07, 6.45) is 9.69. The molecule has 1 aromatic heterocycles. The molecule has 96 valence electrons. The molecule has 0 aromatic carbocycles. The first kappa shape index (κ1) is 12.9. The zero-order chi connectivity index (χ0) is 13.4. The lowest BCUT2D eigenvalue weighted by molar-refractivity contribution is 0.490. The van der Waals surface area contributed by atoms with Gasteiger partial charge in [-0.3, -0.25) is 0 Å². The van der Waals surface area contributed by atoms with Gasteiger partial charge in [0.15, 0.2) is 14.9 Å². The summed E-state index contributed by atoms with van der Waals surface area (Å²) in [7, 11) is -3.36. The van der Waals surface area contributed by atoms with Crippen molar-refractivity contribution in [2.75, 3.05) is 6.26 Å². The lowest BCUT2D eigenvalue weighted by Crippen LogP contribution is -2.51. The first-order chi connectivity index (χ1) is 8.34. The third kappa shape index (κ3) is 2.22. The Morgan fingerprint density at radius 1 is 1.39 bits per heavy atom. The fourth-order valence-electron chi connectivity index (χ4n) is 1.84. The van der Waals surface area contributed by atoms with E-state index in [9.17, 15) is 8.42 Å². The number of rotatable bonds is 2. The van der Waals surface area contributed by atoms with Crippen molar-refractivity contribution < 1.29 is 8.42 Å². The fraction of sp³-hybridized carbons (Fsp3) is 0.250. The molecule has 0 spiro atoms. The van der Waals surface area contributed by atoms with Gasteiger partial charge >= 0.3 is 0 Å². The first-order valence-electron chi connectivity index (χ1n) is 5.41. The van der Waals surface area contributed by atoms with Gasteiger partial charge in [0.1, 0.15) is 0 Å². The average molecular weight is 265 g/mol. The van der Waals surface area contributed by atoms with Crippen molar-refractivity contribution in [2.24, 2.45) is 11.5 Å². The Labute approximate surface area is 106 Å².